The van der Waals surface area contributed by atoms with Gasteiger partial charge >= 0.3 is 0 Å². The number of halogens is 1. The van der Waals surface area contributed by atoms with Gasteiger partial charge in [-0.25, -0.2) is 9.97 Å². The molecule has 2 N–H and O–H groups in total. The standard InChI is InChI=1S/C17H16ClN5O2/c18-11-1-2-12-14(7-11)22-16(21-12)17(25)23-5-3-10(4-6-23)13-8-15(24)20-9-19-13/h1-2,7-10H,3-6H2,(H,21,22)(H,19,20,24). The van der Waals surface area contributed by atoms with Gasteiger partial charge in [0, 0.05) is 30.1 Å². The summed E-state index contributed by atoms with van der Waals surface area (Å²) in [7, 11) is 0. The number of nitrogens with zero attached hydrogens (tertiary/aromatic N) is 3. The first kappa shape index (κ1) is 15.8. The number of imidazole rings is 1. The number of piperidine rings is 1. The van der Waals surface area contributed by atoms with Gasteiger partial charge in [0.05, 0.1) is 23.1 Å². The Morgan fingerprint density at radius 2 is 2.04 bits per heavy atom. The van der Waals surface area contributed by atoms with Crippen molar-refractivity contribution in [3.8, 4) is 0 Å². The van der Waals surface area contributed by atoms with E-state index in [4.69, 9.17) is 11.6 Å². The number of hydrogen-bond donors (Lipinski definition) is 2. The summed E-state index contributed by atoms with van der Waals surface area (Å²) in [4.78, 5) is 40.0. The maximum absolute atomic E-state index is 12.7. The second-order valence-corrected chi connectivity index (χ2v) is 6.59. The van der Waals surface area contributed by atoms with Crippen LogP contribution >= 0.6 is 11.6 Å². The van der Waals surface area contributed by atoms with E-state index in [1.807, 2.05) is 0 Å². The molecule has 1 amide bonds. The molecule has 0 aliphatic carbocycles. The number of H-pyrrole nitrogens is 2. The Hall–Kier alpha value is -2.67. The maximum atomic E-state index is 12.7. The molecule has 4 rings (SSSR count). The third kappa shape index (κ3) is 3.15. The zero-order valence-electron chi connectivity index (χ0n) is 13.3. The summed E-state index contributed by atoms with van der Waals surface area (Å²) in [5.74, 6) is 0.399. The van der Waals surface area contributed by atoms with Crippen LogP contribution in [0.25, 0.3) is 11.0 Å². The Labute approximate surface area is 148 Å². The lowest BCUT2D eigenvalue weighted by Gasteiger charge is -2.31. The van der Waals surface area contributed by atoms with Crippen LogP contribution in [-0.4, -0.2) is 43.8 Å². The van der Waals surface area contributed by atoms with Crippen LogP contribution in [0.3, 0.4) is 0 Å². The fraction of sp³-hybridized carbons (Fsp3) is 0.294. The summed E-state index contributed by atoms with van der Waals surface area (Å²) in [6.45, 7) is 1.21. The third-order valence-corrected chi connectivity index (χ3v) is 4.78. The number of hydrogen-bond acceptors (Lipinski definition) is 4. The first-order valence-corrected chi connectivity index (χ1v) is 8.47. The molecule has 1 aliphatic rings. The van der Waals surface area contributed by atoms with E-state index in [0.29, 0.717) is 23.9 Å². The zero-order valence-corrected chi connectivity index (χ0v) is 14.1. The molecule has 1 aromatic carbocycles. The van der Waals surface area contributed by atoms with Crippen molar-refractivity contribution in [3.63, 3.8) is 0 Å². The summed E-state index contributed by atoms with van der Waals surface area (Å²) in [6, 6.07) is 6.82. The highest BCUT2D eigenvalue weighted by Gasteiger charge is 2.27. The van der Waals surface area contributed by atoms with Crippen molar-refractivity contribution < 1.29 is 4.79 Å². The number of carbonyl (C=O) groups is 1. The van der Waals surface area contributed by atoms with Crippen molar-refractivity contribution in [1.29, 1.82) is 0 Å². The number of likely N-dealkylation sites (tertiary alicyclic amines) is 1. The van der Waals surface area contributed by atoms with Crippen LogP contribution in [0.5, 0.6) is 0 Å². The van der Waals surface area contributed by atoms with Gasteiger partial charge in [-0.2, -0.15) is 0 Å². The Morgan fingerprint density at radius 3 is 2.80 bits per heavy atom. The number of nitrogens with one attached hydrogen (secondary N) is 2. The molecule has 8 heteroatoms. The quantitative estimate of drug-likeness (QED) is 0.735. The van der Waals surface area contributed by atoms with Crippen LogP contribution in [0, 0.1) is 0 Å². The molecule has 1 aliphatic heterocycles. The molecule has 0 unspecified atom stereocenters. The van der Waals surface area contributed by atoms with E-state index in [9.17, 15) is 9.59 Å². The summed E-state index contributed by atoms with van der Waals surface area (Å²) in [6.07, 6.45) is 2.97. The number of benzene rings is 1. The maximum Gasteiger partial charge on any atom is 0.289 e. The average molecular weight is 358 g/mol. The normalized spacial score (nSPS) is 15.6. The molecule has 1 fully saturated rings. The lowest BCUT2D eigenvalue weighted by atomic mass is 9.93. The highest BCUT2D eigenvalue weighted by Crippen LogP contribution is 2.26. The monoisotopic (exact) mass is 357 g/mol. The molecular formula is C17H16ClN5O2. The van der Waals surface area contributed by atoms with E-state index >= 15 is 0 Å². The number of carbonyl (C=O) groups excluding carboxylic acids is 1. The molecule has 25 heavy (non-hydrogen) atoms. The molecule has 0 spiro atoms. The number of fused-ring (bicyclic) bond motifs is 1. The van der Waals surface area contributed by atoms with Crippen LogP contribution in [0.1, 0.15) is 35.1 Å². The number of rotatable bonds is 2. The molecule has 0 bridgehead atoms. The van der Waals surface area contributed by atoms with Crippen LogP contribution < -0.4 is 5.56 Å². The van der Waals surface area contributed by atoms with Crippen LogP contribution in [0.15, 0.2) is 35.4 Å². The molecular weight excluding hydrogens is 342 g/mol. The van der Waals surface area contributed by atoms with Crippen molar-refractivity contribution in [2.24, 2.45) is 0 Å². The Balaban J connectivity index is 1.47. The Bertz CT molecular complexity index is 988. The van der Waals surface area contributed by atoms with E-state index in [1.165, 1.54) is 12.4 Å². The van der Waals surface area contributed by atoms with Gasteiger partial charge in [-0.3, -0.25) is 9.59 Å². The van der Waals surface area contributed by atoms with E-state index in [-0.39, 0.29) is 17.4 Å². The molecule has 128 valence electrons. The van der Waals surface area contributed by atoms with Gasteiger partial charge < -0.3 is 14.9 Å². The summed E-state index contributed by atoms with van der Waals surface area (Å²) in [5.41, 5.74) is 2.10. The van der Waals surface area contributed by atoms with Crippen molar-refractivity contribution >= 4 is 28.5 Å². The second-order valence-electron chi connectivity index (χ2n) is 6.15. The predicted octanol–water partition coefficient (Wildman–Crippen LogP) is 2.32. The SMILES string of the molecule is O=C(c1nc2ccc(Cl)cc2[nH]1)N1CCC(c2cc(=O)[nH]cn2)CC1. The smallest absolute Gasteiger partial charge is 0.289 e. The lowest BCUT2D eigenvalue weighted by molar-refractivity contribution is 0.0701. The first-order chi connectivity index (χ1) is 12.1. The minimum atomic E-state index is -0.149. The molecule has 0 saturated carbocycles. The third-order valence-electron chi connectivity index (χ3n) is 4.55. The largest absolute Gasteiger partial charge is 0.336 e. The van der Waals surface area contributed by atoms with Crippen molar-refractivity contribution in [1.82, 2.24) is 24.8 Å². The van der Waals surface area contributed by atoms with Gasteiger partial charge in [0.2, 0.25) is 0 Å². The van der Waals surface area contributed by atoms with E-state index in [1.54, 1.807) is 23.1 Å². The van der Waals surface area contributed by atoms with Crippen LogP contribution in [0.4, 0.5) is 0 Å². The van der Waals surface area contributed by atoms with E-state index in [2.05, 4.69) is 19.9 Å². The van der Waals surface area contributed by atoms with Gasteiger partial charge in [-0.1, -0.05) is 11.6 Å². The van der Waals surface area contributed by atoms with Crippen molar-refractivity contribution in [2.75, 3.05) is 13.1 Å². The van der Waals surface area contributed by atoms with Crippen molar-refractivity contribution in [2.45, 2.75) is 18.8 Å². The highest BCUT2D eigenvalue weighted by atomic mass is 35.5. The summed E-state index contributed by atoms with van der Waals surface area (Å²) in [5, 5.41) is 0.598. The fourth-order valence-electron chi connectivity index (χ4n) is 3.22. The van der Waals surface area contributed by atoms with E-state index < -0.39 is 0 Å². The number of aromatic nitrogens is 4. The molecule has 7 nitrogen and oxygen atoms in total. The Morgan fingerprint density at radius 1 is 1.24 bits per heavy atom. The summed E-state index contributed by atoms with van der Waals surface area (Å²) < 4.78 is 0. The molecule has 2 aromatic heterocycles. The van der Waals surface area contributed by atoms with Crippen LogP contribution in [0.2, 0.25) is 5.02 Å². The van der Waals surface area contributed by atoms with E-state index in [0.717, 1.165) is 29.6 Å². The molecule has 0 radical (unpaired) electrons. The number of amides is 1. The molecule has 0 atom stereocenters. The molecule has 1 saturated heterocycles. The Kier molecular flexibility index (Phi) is 4.01. The lowest BCUT2D eigenvalue weighted by Crippen LogP contribution is -2.38. The highest BCUT2D eigenvalue weighted by molar-refractivity contribution is 6.31. The van der Waals surface area contributed by atoms with Crippen molar-refractivity contribution in [3.05, 3.63) is 57.5 Å². The van der Waals surface area contributed by atoms with Gasteiger partial charge in [-0.15, -0.1) is 0 Å². The zero-order chi connectivity index (χ0) is 17.4. The van der Waals surface area contributed by atoms with Gasteiger partial charge in [0.25, 0.3) is 11.5 Å². The first-order valence-electron chi connectivity index (χ1n) is 8.09. The summed E-state index contributed by atoms with van der Waals surface area (Å²) >= 11 is 5.97. The molecule has 3 heterocycles. The minimum absolute atomic E-state index is 0.121. The second kappa shape index (κ2) is 6.33. The average Bonchev–Trinajstić information content (AvgIpc) is 3.04. The van der Waals surface area contributed by atoms with Gasteiger partial charge in [-0.05, 0) is 31.0 Å². The van der Waals surface area contributed by atoms with Gasteiger partial charge in [0.1, 0.15) is 0 Å². The minimum Gasteiger partial charge on any atom is -0.336 e. The topological polar surface area (TPSA) is 94.7 Å². The van der Waals surface area contributed by atoms with Crippen LogP contribution in [-0.2, 0) is 0 Å². The molecule has 3 aromatic rings. The number of aromatic amines is 2. The predicted molar refractivity (Wildman–Crippen MR) is 93.8 cm³/mol. The van der Waals surface area contributed by atoms with Gasteiger partial charge in [0.15, 0.2) is 5.82 Å². The fourth-order valence-corrected chi connectivity index (χ4v) is 3.39.